The summed E-state index contributed by atoms with van der Waals surface area (Å²) in [6.45, 7) is 5.47. The number of nitrogens with one attached hydrogen (secondary N) is 1. The van der Waals surface area contributed by atoms with Crippen LogP contribution in [0.1, 0.15) is 32.6 Å². The highest BCUT2D eigenvalue weighted by molar-refractivity contribution is 5.76. The number of hydrogen-bond acceptors (Lipinski definition) is 4. The number of rotatable bonds is 9. The van der Waals surface area contributed by atoms with Gasteiger partial charge in [0.25, 0.3) is 0 Å². The number of nitrogens with zero attached hydrogens (tertiary/aromatic N) is 1. The van der Waals surface area contributed by atoms with Crippen LogP contribution in [-0.2, 0) is 4.79 Å². The van der Waals surface area contributed by atoms with Crippen LogP contribution in [0.2, 0.25) is 0 Å². The number of carbonyl (C=O) groups excluding carboxylic acids is 1. The molecule has 1 aliphatic rings. The summed E-state index contributed by atoms with van der Waals surface area (Å²) in [5.74, 6) is 1.87. The summed E-state index contributed by atoms with van der Waals surface area (Å²) in [6.07, 6.45) is 3.36. The summed E-state index contributed by atoms with van der Waals surface area (Å²) in [5, 5.41) is 3.34. The molecule has 0 aliphatic carbocycles. The molecule has 0 saturated carbocycles. The Hall–Kier alpha value is -1.75. The van der Waals surface area contributed by atoms with Gasteiger partial charge in [-0.15, -0.1) is 0 Å². The third-order valence-electron chi connectivity index (χ3n) is 4.12. The maximum atomic E-state index is 12.4. The Bertz CT molecular complexity index is 470. The molecule has 5 nitrogen and oxygen atoms in total. The van der Waals surface area contributed by atoms with E-state index in [1.807, 2.05) is 29.2 Å². The van der Waals surface area contributed by atoms with Crippen LogP contribution in [0.3, 0.4) is 0 Å². The SMILES string of the molecule is CCCN(C(=O)CCCOc1ccc(OC)cc1)C1CCNC1. The second-order valence-corrected chi connectivity index (χ2v) is 5.86. The molecule has 1 atom stereocenters. The molecule has 1 aliphatic heterocycles. The molecule has 1 N–H and O–H groups in total. The van der Waals surface area contributed by atoms with Crippen LogP contribution in [0, 0.1) is 0 Å². The predicted octanol–water partition coefficient (Wildman–Crippen LogP) is 2.45. The Labute approximate surface area is 139 Å². The van der Waals surface area contributed by atoms with Gasteiger partial charge in [-0.05, 0) is 50.1 Å². The summed E-state index contributed by atoms with van der Waals surface area (Å²) in [4.78, 5) is 14.5. The van der Waals surface area contributed by atoms with Gasteiger partial charge in [0.05, 0.1) is 13.7 Å². The second-order valence-electron chi connectivity index (χ2n) is 5.86. The van der Waals surface area contributed by atoms with E-state index in [-0.39, 0.29) is 5.91 Å². The van der Waals surface area contributed by atoms with E-state index in [9.17, 15) is 4.79 Å². The summed E-state index contributed by atoms with van der Waals surface area (Å²) >= 11 is 0. The van der Waals surface area contributed by atoms with Crippen molar-refractivity contribution in [1.82, 2.24) is 10.2 Å². The molecule has 0 radical (unpaired) electrons. The highest BCUT2D eigenvalue weighted by atomic mass is 16.5. The van der Waals surface area contributed by atoms with Crippen LogP contribution >= 0.6 is 0 Å². The number of benzene rings is 1. The summed E-state index contributed by atoms with van der Waals surface area (Å²) in [6, 6.07) is 7.88. The van der Waals surface area contributed by atoms with Crippen LogP contribution in [0.15, 0.2) is 24.3 Å². The summed E-state index contributed by atoms with van der Waals surface area (Å²) in [5.41, 5.74) is 0. The quantitative estimate of drug-likeness (QED) is 0.710. The van der Waals surface area contributed by atoms with Crippen molar-refractivity contribution < 1.29 is 14.3 Å². The van der Waals surface area contributed by atoms with Gasteiger partial charge >= 0.3 is 0 Å². The maximum Gasteiger partial charge on any atom is 0.222 e. The monoisotopic (exact) mass is 320 g/mol. The molecule has 1 saturated heterocycles. The number of hydrogen-bond donors (Lipinski definition) is 1. The average Bonchev–Trinajstić information content (AvgIpc) is 3.11. The fraction of sp³-hybridized carbons (Fsp3) is 0.611. The lowest BCUT2D eigenvalue weighted by Crippen LogP contribution is -2.42. The van der Waals surface area contributed by atoms with E-state index in [0.717, 1.165) is 50.4 Å². The van der Waals surface area contributed by atoms with Crippen molar-refractivity contribution in [2.24, 2.45) is 0 Å². The normalized spacial score (nSPS) is 17.0. The van der Waals surface area contributed by atoms with Crippen LogP contribution in [0.4, 0.5) is 0 Å². The van der Waals surface area contributed by atoms with Crippen molar-refractivity contribution in [2.75, 3.05) is 33.4 Å². The maximum absolute atomic E-state index is 12.4. The van der Waals surface area contributed by atoms with E-state index in [1.54, 1.807) is 7.11 Å². The fourth-order valence-corrected chi connectivity index (χ4v) is 2.89. The Morgan fingerprint density at radius 3 is 2.65 bits per heavy atom. The van der Waals surface area contributed by atoms with Gasteiger partial charge in [0.1, 0.15) is 11.5 Å². The number of ether oxygens (including phenoxy) is 2. The van der Waals surface area contributed by atoms with Crippen LogP contribution < -0.4 is 14.8 Å². The Morgan fingerprint density at radius 2 is 2.04 bits per heavy atom. The van der Waals surface area contributed by atoms with E-state index in [0.29, 0.717) is 19.1 Å². The van der Waals surface area contributed by atoms with Gasteiger partial charge in [0.2, 0.25) is 5.91 Å². The first-order valence-electron chi connectivity index (χ1n) is 8.51. The smallest absolute Gasteiger partial charge is 0.222 e. The van der Waals surface area contributed by atoms with E-state index < -0.39 is 0 Å². The fourth-order valence-electron chi connectivity index (χ4n) is 2.89. The minimum atomic E-state index is 0.249. The molecule has 1 unspecified atom stereocenters. The average molecular weight is 320 g/mol. The zero-order valence-corrected chi connectivity index (χ0v) is 14.2. The van der Waals surface area contributed by atoms with Gasteiger partial charge in [-0.1, -0.05) is 6.92 Å². The Balaban J connectivity index is 1.71. The first-order chi connectivity index (χ1) is 11.2. The molecular formula is C18H28N2O3. The number of methoxy groups -OCH3 is 1. The van der Waals surface area contributed by atoms with E-state index in [1.165, 1.54) is 0 Å². The highest BCUT2D eigenvalue weighted by Gasteiger charge is 2.25. The van der Waals surface area contributed by atoms with Crippen molar-refractivity contribution in [1.29, 1.82) is 0 Å². The first kappa shape index (κ1) is 17.6. The Kier molecular flexibility index (Phi) is 7.20. The minimum absolute atomic E-state index is 0.249. The molecule has 2 rings (SSSR count). The minimum Gasteiger partial charge on any atom is -0.497 e. The topological polar surface area (TPSA) is 50.8 Å². The highest BCUT2D eigenvalue weighted by Crippen LogP contribution is 2.17. The number of carbonyl (C=O) groups is 1. The molecule has 1 aromatic carbocycles. The third kappa shape index (κ3) is 5.43. The van der Waals surface area contributed by atoms with Crippen LogP contribution in [0.5, 0.6) is 11.5 Å². The Morgan fingerprint density at radius 1 is 1.30 bits per heavy atom. The lowest BCUT2D eigenvalue weighted by atomic mass is 10.1. The van der Waals surface area contributed by atoms with Crippen molar-refractivity contribution in [3.05, 3.63) is 24.3 Å². The van der Waals surface area contributed by atoms with E-state index in [4.69, 9.17) is 9.47 Å². The molecule has 1 amide bonds. The van der Waals surface area contributed by atoms with Gasteiger partial charge in [-0.25, -0.2) is 0 Å². The zero-order valence-electron chi connectivity index (χ0n) is 14.2. The van der Waals surface area contributed by atoms with Gasteiger partial charge in [-0.2, -0.15) is 0 Å². The van der Waals surface area contributed by atoms with E-state index >= 15 is 0 Å². The molecule has 1 heterocycles. The van der Waals surface area contributed by atoms with Crippen molar-refractivity contribution >= 4 is 5.91 Å². The third-order valence-corrected chi connectivity index (χ3v) is 4.12. The van der Waals surface area contributed by atoms with Crippen molar-refractivity contribution in [3.63, 3.8) is 0 Å². The van der Waals surface area contributed by atoms with Gasteiger partial charge in [-0.3, -0.25) is 4.79 Å². The molecular weight excluding hydrogens is 292 g/mol. The summed E-state index contributed by atoms with van der Waals surface area (Å²) in [7, 11) is 1.64. The van der Waals surface area contributed by atoms with E-state index in [2.05, 4.69) is 12.2 Å². The van der Waals surface area contributed by atoms with Crippen molar-refractivity contribution in [3.8, 4) is 11.5 Å². The molecule has 0 spiro atoms. The lowest BCUT2D eigenvalue weighted by Gasteiger charge is -2.28. The molecule has 0 bridgehead atoms. The second kappa shape index (κ2) is 9.40. The van der Waals surface area contributed by atoms with Gasteiger partial charge in [0.15, 0.2) is 0 Å². The molecule has 5 heteroatoms. The molecule has 1 fully saturated rings. The molecule has 128 valence electrons. The molecule has 23 heavy (non-hydrogen) atoms. The largest absolute Gasteiger partial charge is 0.497 e. The lowest BCUT2D eigenvalue weighted by molar-refractivity contribution is -0.133. The summed E-state index contributed by atoms with van der Waals surface area (Å²) < 4.78 is 10.8. The van der Waals surface area contributed by atoms with Gasteiger partial charge in [0, 0.05) is 25.6 Å². The van der Waals surface area contributed by atoms with Crippen molar-refractivity contribution in [2.45, 2.75) is 38.6 Å². The first-order valence-corrected chi connectivity index (χ1v) is 8.51. The van der Waals surface area contributed by atoms with Gasteiger partial charge < -0.3 is 19.7 Å². The predicted molar refractivity (Wildman–Crippen MR) is 91.0 cm³/mol. The molecule has 0 aromatic heterocycles. The standard InChI is InChI=1S/C18H28N2O3/c1-3-12-20(15-10-11-19-14-15)18(21)5-4-13-23-17-8-6-16(22-2)7-9-17/h6-9,15,19H,3-5,10-14H2,1-2H3. The zero-order chi connectivity index (χ0) is 16.5. The van der Waals surface area contributed by atoms with Crippen LogP contribution in [-0.4, -0.2) is 50.2 Å². The number of amides is 1. The van der Waals surface area contributed by atoms with Crippen LogP contribution in [0.25, 0.3) is 0 Å². The molecule has 1 aromatic rings.